The van der Waals surface area contributed by atoms with Gasteiger partial charge in [-0.15, -0.1) is 0 Å². The number of nitrogens with one attached hydrogen (secondary N) is 1. The van der Waals surface area contributed by atoms with Crippen LogP contribution in [0, 0.1) is 6.07 Å². The molecule has 0 amide bonds. The molecule has 123 valence electrons. The molecule has 0 unspecified atom stereocenters. The van der Waals surface area contributed by atoms with E-state index in [-0.39, 0.29) is 6.04 Å². The zero-order valence-electron chi connectivity index (χ0n) is 14.3. The highest BCUT2D eigenvalue weighted by Gasteiger charge is 2.19. The Hall–Kier alpha value is -3.14. The Morgan fingerprint density at radius 2 is 1.76 bits per heavy atom. The number of aromatic nitrogens is 3. The van der Waals surface area contributed by atoms with Crippen molar-refractivity contribution in [3.8, 4) is 22.4 Å². The minimum absolute atomic E-state index is 0.285. The molecule has 0 atom stereocenters. The Bertz CT molecular complexity index is 989. The molecule has 0 bridgehead atoms. The monoisotopic (exact) mass is 327 g/mol. The zero-order valence-corrected chi connectivity index (χ0v) is 14.3. The first-order valence-electron chi connectivity index (χ1n) is 8.39. The average Bonchev–Trinajstić information content (AvgIpc) is 3.11. The van der Waals surface area contributed by atoms with E-state index in [2.05, 4.69) is 54.5 Å². The smallest absolute Gasteiger partial charge is 0.235 e. The summed E-state index contributed by atoms with van der Waals surface area (Å²) in [6.07, 6.45) is 3.73. The number of hydrogen-bond donors (Lipinski definition) is 1. The predicted octanol–water partition coefficient (Wildman–Crippen LogP) is 4.68. The summed E-state index contributed by atoms with van der Waals surface area (Å²) in [7, 11) is 0. The molecule has 25 heavy (non-hydrogen) atoms. The van der Waals surface area contributed by atoms with Crippen molar-refractivity contribution in [2.24, 2.45) is 0 Å². The summed E-state index contributed by atoms with van der Waals surface area (Å²) in [5.74, 6) is 1.69. The number of imidazole rings is 1. The van der Waals surface area contributed by atoms with Crippen LogP contribution in [0.5, 0.6) is 0 Å². The third-order valence-electron chi connectivity index (χ3n) is 4.03. The molecule has 4 heteroatoms. The quantitative estimate of drug-likeness (QED) is 0.591. The van der Waals surface area contributed by atoms with Gasteiger partial charge in [-0.2, -0.15) is 0 Å². The fourth-order valence-corrected chi connectivity index (χ4v) is 2.99. The van der Waals surface area contributed by atoms with Crippen LogP contribution in [-0.4, -0.2) is 20.4 Å². The normalized spacial score (nSPS) is 11.2. The summed E-state index contributed by atoms with van der Waals surface area (Å²) >= 11 is 0. The SMILES string of the molecule is CC(C)Nc1c(-c2ccccc2)c(-c2cc[c]cc2)nc2nccn12. The van der Waals surface area contributed by atoms with Crippen molar-refractivity contribution in [3.63, 3.8) is 0 Å². The molecule has 1 N–H and O–H groups in total. The summed E-state index contributed by atoms with van der Waals surface area (Å²) in [6, 6.07) is 21.6. The highest BCUT2D eigenvalue weighted by Crippen LogP contribution is 2.37. The fraction of sp³-hybridized carbons (Fsp3) is 0.143. The van der Waals surface area contributed by atoms with E-state index in [4.69, 9.17) is 4.98 Å². The molecule has 2 aromatic carbocycles. The number of benzene rings is 2. The van der Waals surface area contributed by atoms with Gasteiger partial charge in [-0.05, 0) is 25.5 Å². The molecule has 4 aromatic rings. The lowest BCUT2D eigenvalue weighted by Gasteiger charge is -2.20. The van der Waals surface area contributed by atoms with Gasteiger partial charge in [0.2, 0.25) is 5.78 Å². The third kappa shape index (κ3) is 2.87. The van der Waals surface area contributed by atoms with Crippen LogP contribution in [0.4, 0.5) is 5.82 Å². The molecule has 2 heterocycles. The van der Waals surface area contributed by atoms with Crippen LogP contribution < -0.4 is 5.32 Å². The first-order valence-corrected chi connectivity index (χ1v) is 8.39. The Balaban J connectivity index is 2.09. The second-order valence-corrected chi connectivity index (χ2v) is 6.23. The molecule has 0 spiro atoms. The van der Waals surface area contributed by atoms with E-state index in [0.717, 1.165) is 28.2 Å². The number of nitrogens with zero attached hydrogens (tertiary/aromatic N) is 3. The van der Waals surface area contributed by atoms with E-state index in [0.29, 0.717) is 5.78 Å². The van der Waals surface area contributed by atoms with E-state index in [1.165, 1.54) is 0 Å². The molecule has 0 saturated carbocycles. The maximum absolute atomic E-state index is 4.85. The van der Waals surface area contributed by atoms with Crippen LogP contribution in [0.15, 0.2) is 67.0 Å². The van der Waals surface area contributed by atoms with Crippen molar-refractivity contribution in [2.45, 2.75) is 19.9 Å². The lowest BCUT2D eigenvalue weighted by molar-refractivity contribution is 0.880. The van der Waals surface area contributed by atoms with Gasteiger partial charge in [0.05, 0.1) is 5.69 Å². The molecule has 0 aliphatic heterocycles. The van der Waals surface area contributed by atoms with Crippen molar-refractivity contribution < 1.29 is 0 Å². The van der Waals surface area contributed by atoms with Crippen molar-refractivity contribution in [1.29, 1.82) is 0 Å². The van der Waals surface area contributed by atoms with E-state index in [1.807, 2.05) is 40.9 Å². The van der Waals surface area contributed by atoms with Gasteiger partial charge in [0.25, 0.3) is 0 Å². The molecule has 0 aliphatic carbocycles. The van der Waals surface area contributed by atoms with E-state index < -0.39 is 0 Å². The maximum Gasteiger partial charge on any atom is 0.235 e. The van der Waals surface area contributed by atoms with Crippen LogP contribution in [0.1, 0.15) is 13.8 Å². The van der Waals surface area contributed by atoms with Crippen LogP contribution in [0.3, 0.4) is 0 Å². The Morgan fingerprint density at radius 1 is 1.00 bits per heavy atom. The Labute approximate surface area is 147 Å². The Morgan fingerprint density at radius 3 is 2.48 bits per heavy atom. The van der Waals surface area contributed by atoms with Crippen LogP contribution in [0.2, 0.25) is 0 Å². The molecule has 4 nitrogen and oxygen atoms in total. The highest BCUT2D eigenvalue weighted by molar-refractivity contribution is 5.89. The molecule has 0 aliphatic rings. The molecule has 0 fully saturated rings. The van der Waals surface area contributed by atoms with Crippen LogP contribution in [-0.2, 0) is 0 Å². The van der Waals surface area contributed by atoms with Crippen molar-refractivity contribution in [1.82, 2.24) is 14.4 Å². The molecule has 2 aromatic heterocycles. The van der Waals surface area contributed by atoms with Crippen LogP contribution >= 0.6 is 0 Å². The minimum atomic E-state index is 0.285. The van der Waals surface area contributed by atoms with E-state index in [9.17, 15) is 0 Å². The zero-order chi connectivity index (χ0) is 17.2. The minimum Gasteiger partial charge on any atom is -0.368 e. The van der Waals surface area contributed by atoms with E-state index >= 15 is 0 Å². The third-order valence-corrected chi connectivity index (χ3v) is 4.03. The summed E-state index contributed by atoms with van der Waals surface area (Å²) in [6.45, 7) is 4.27. The van der Waals surface area contributed by atoms with Gasteiger partial charge < -0.3 is 5.32 Å². The fourth-order valence-electron chi connectivity index (χ4n) is 2.99. The summed E-state index contributed by atoms with van der Waals surface area (Å²) in [5, 5.41) is 3.59. The summed E-state index contributed by atoms with van der Waals surface area (Å²) in [4.78, 5) is 9.26. The number of anilines is 1. The predicted molar refractivity (Wildman–Crippen MR) is 101 cm³/mol. The van der Waals surface area contributed by atoms with Gasteiger partial charge in [-0.3, -0.25) is 4.40 Å². The van der Waals surface area contributed by atoms with Gasteiger partial charge in [0, 0.05) is 29.6 Å². The van der Waals surface area contributed by atoms with Gasteiger partial charge in [-0.1, -0.05) is 54.6 Å². The van der Waals surface area contributed by atoms with Gasteiger partial charge >= 0.3 is 0 Å². The second kappa shape index (κ2) is 6.40. The van der Waals surface area contributed by atoms with E-state index in [1.54, 1.807) is 6.20 Å². The molecule has 0 saturated heterocycles. The molecular weight excluding hydrogens is 308 g/mol. The first-order chi connectivity index (χ1) is 12.2. The lowest BCUT2D eigenvalue weighted by Crippen LogP contribution is -2.15. The highest BCUT2D eigenvalue weighted by atomic mass is 15.2. The van der Waals surface area contributed by atoms with Crippen molar-refractivity contribution in [2.75, 3.05) is 5.32 Å². The number of fused-ring (bicyclic) bond motifs is 1. The number of hydrogen-bond acceptors (Lipinski definition) is 3. The molecular formula is C21H19N4. The van der Waals surface area contributed by atoms with Crippen molar-refractivity contribution >= 4 is 11.6 Å². The first kappa shape index (κ1) is 15.4. The summed E-state index contributed by atoms with van der Waals surface area (Å²) < 4.78 is 2.01. The standard InChI is InChI=1S/C21H19N4/c1-15(2)23-20-18(16-9-5-3-6-10-16)19(17-11-7-4-8-12-17)24-21-22-13-14-25(20)21/h3,5-15,23H,1-2H3. The second-order valence-electron chi connectivity index (χ2n) is 6.23. The van der Waals surface area contributed by atoms with Crippen LogP contribution in [0.25, 0.3) is 28.2 Å². The number of rotatable bonds is 4. The van der Waals surface area contributed by atoms with Crippen molar-refractivity contribution in [3.05, 3.63) is 73.1 Å². The average molecular weight is 327 g/mol. The lowest BCUT2D eigenvalue weighted by atomic mass is 9.99. The molecule has 1 radical (unpaired) electrons. The van der Waals surface area contributed by atoms with Gasteiger partial charge in [0.1, 0.15) is 5.82 Å². The largest absolute Gasteiger partial charge is 0.368 e. The Kier molecular flexibility index (Phi) is 3.94. The molecule has 4 rings (SSSR count). The topological polar surface area (TPSA) is 42.2 Å². The van der Waals surface area contributed by atoms with Gasteiger partial charge in [0.15, 0.2) is 0 Å². The maximum atomic E-state index is 4.85. The van der Waals surface area contributed by atoms with Gasteiger partial charge in [-0.25, -0.2) is 9.97 Å². The summed E-state index contributed by atoms with van der Waals surface area (Å²) in [5.41, 5.74) is 4.17.